The van der Waals surface area contributed by atoms with E-state index in [1.54, 1.807) is 0 Å². The van der Waals surface area contributed by atoms with E-state index in [1.165, 1.54) is 21.3 Å². The smallest absolute Gasteiger partial charge is 0.106 e. The highest BCUT2D eigenvalue weighted by Crippen LogP contribution is 2.35. The van der Waals surface area contributed by atoms with Gasteiger partial charge in [-0.3, -0.25) is 0 Å². The number of halogens is 1. The first-order valence-corrected chi connectivity index (χ1v) is 6.49. The molecular formula is C14H22BrNO. The third-order valence-corrected chi connectivity index (χ3v) is 4.04. The SMILES string of the molecule is C=O.CCC(C)(C)c1cc(C)c(Br)cc1NC. The third-order valence-electron chi connectivity index (χ3n) is 3.18. The van der Waals surface area contributed by atoms with Gasteiger partial charge >= 0.3 is 0 Å². The second kappa shape index (κ2) is 6.80. The minimum atomic E-state index is 0.226. The predicted molar refractivity (Wildman–Crippen MR) is 78.9 cm³/mol. The molecule has 17 heavy (non-hydrogen) atoms. The van der Waals surface area contributed by atoms with Gasteiger partial charge in [-0.05, 0) is 36.0 Å². The highest BCUT2D eigenvalue weighted by Gasteiger charge is 2.22. The summed E-state index contributed by atoms with van der Waals surface area (Å²) in [7, 11) is 1.98. The normalized spacial score (nSPS) is 10.5. The van der Waals surface area contributed by atoms with Crippen LogP contribution in [0.4, 0.5) is 5.69 Å². The summed E-state index contributed by atoms with van der Waals surface area (Å²) in [5, 5.41) is 3.27. The van der Waals surface area contributed by atoms with Crippen LogP contribution in [0.1, 0.15) is 38.3 Å². The van der Waals surface area contributed by atoms with E-state index in [1.807, 2.05) is 13.8 Å². The van der Waals surface area contributed by atoms with Crippen LogP contribution < -0.4 is 5.32 Å². The molecule has 0 saturated carbocycles. The quantitative estimate of drug-likeness (QED) is 0.901. The van der Waals surface area contributed by atoms with Crippen LogP contribution in [-0.4, -0.2) is 13.8 Å². The van der Waals surface area contributed by atoms with Crippen molar-refractivity contribution in [3.05, 3.63) is 27.7 Å². The first kappa shape index (κ1) is 16.2. The second-order valence-corrected chi connectivity index (χ2v) is 5.49. The number of rotatable bonds is 3. The molecule has 0 aliphatic heterocycles. The molecule has 0 bridgehead atoms. The fourth-order valence-electron chi connectivity index (χ4n) is 1.64. The highest BCUT2D eigenvalue weighted by molar-refractivity contribution is 9.10. The molecule has 0 amide bonds. The summed E-state index contributed by atoms with van der Waals surface area (Å²) >= 11 is 3.57. The maximum atomic E-state index is 8.00. The summed E-state index contributed by atoms with van der Waals surface area (Å²) < 4.78 is 1.17. The van der Waals surface area contributed by atoms with E-state index in [9.17, 15) is 0 Å². The Kier molecular flexibility index (Phi) is 6.46. The minimum absolute atomic E-state index is 0.226. The Bertz CT molecular complexity index is 375. The predicted octanol–water partition coefficient (Wildman–Crippen LogP) is 4.30. The summed E-state index contributed by atoms with van der Waals surface area (Å²) in [6.07, 6.45) is 1.14. The molecule has 0 radical (unpaired) electrons. The van der Waals surface area contributed by atoms with Gasteiger partial charge in [-0.1, -0.05) is 42.8 Å². The van der Waals surface area contributed by atoms with Crippen molar-refractivity contribution in [2.75, 3.05) is 12.4 Å². The molecule has 0 unspecified atom stereocenters. The Labute approximate surface area is 113 Å². The molecule has 1 aromatic rings. The first-order chi connectivity index (χ1) is 7.92. The fraction of sp³-hybridized carbons (Fsp3) is 0.500. The molecule has 1 rings (SSSR count). The average molecular weight is 300 g/mol. The van der Waals surface area contributed by atoms with E-state index in [0.29, 0.717) is 0 Å². The lowest BCUT2D eigenvalue weighted by Gasteiger charge is -2.27. The summed E-state index contributed by atoms with van der Waals surface area (Å²) in [5.74, 6) is 0. The van der Waals surface area contributed by atoms with Crippen molar-refractivity contribution in [3.63, 3.8) is 0 Å². The minimum Gasteiger partial charge on any atom is -0.388 e. The van der Waals surface area contributed by atoms with Gasteiger partial charge in [-0.15, -0.1) is 0 Å². The van der Waals surface area contributed by atoms with Gasteiger partial charge in [0.15, 0.2) is 0 Å². The number of carbonyl (C=O) groups is 1. The lowest BCUT2D eigenvalue weighted by molar-refractivity contribution is -0.0979. The molecule has 0 aliphatic carbocycles. The zero-order valence-electron chi connectivity index (χ0n) is 11.4. The number of aryl methyl sites for hydroxylation is 1. The maximum absolute atomic E-state index is 8.00. The van der Waals surface area contributed by atoms with Gasteiger partial charge < -0.3 is 10.1 Å². The fourth-order valence-corrected chi connectivity index (χ4v) is 1.98. The Balaban J connectivity index is 0.00000121. The maximum Gasteiger partial charge on any atom is 0.106 e. The van der Waals surface area contributed by atoms with Crippen molar-refractivity contribution >= 4 is 28.4 Å². The summed E-state index contributed by atoms with van der Waals surface area (Å²) in [4.78, 5) is 8.00. The molecule has 0 saturated heterocycles. The van der Waals surface area contributed by atoms with Gasteiger partial charge in [-0.2, -0.15) is 0 Å². The summed E-state index contributed by atoms with van der Waals surface area (Å²) in [5.41, 5.74) is 4.14. The van der Waals surface area contributed by atoms with E-state index >= 15 is 0 Å². The second-order valence-electron chi connectivity index (χ2n) is 4.63. The number of benzene rings is 1. The molecule has 1 N–H and O–H groups in total. The Morgan fingerprint density at radius 1 is 1.35 bits per heavy atom. The lowest BCUT2D eigenvalue weighted by Crippen LogP contribution is -2.17. The van der Waals surface area contributed by atoms with Gasteiger partial charge in [0.2, 0.25) is 0 Å². The van der Waals surface area contributed by atoms with Crippen LogP contribution >= 0.6 is 15.9 Å². The molecule has 96 valence electrons. The van der Waals surface area contributed by atoms with Gasteiger partial charge in [0, 0.05) is 17.2 Å². The standard InChI is InChI=1S/C13H20BrN.CH2O/c1-6-13(3,4)10-7-9(2)11(14)8-12(10)15-5;1-2/h7-8,15H,6H2,1-5H3;1H2. The van der Waals surface area contributed by atoms with Crippen LogP contribution in [0.25, 0.3) is 0 Å². The average Bonchev–Trinajstić information content (AvgIpc) is 2.34. The van der Waals surface area contributed by atoms with Crippen LogP contribution in [0, 0.1) is 6.92 Å². The van der Waals surface area contributed by atoms with Crippen molar-refractivity contribution in [1.29, 1.82) is 0 Å². The van der Waals surface area contributed by atoms with Crippen molar-refractivity contribution in [2.45, 2.75) is 39.5 Å². The van der Waals surface area contributed by atoms with E-state index in [-0.39, 0.29) is 5.41 Å². The van der Waals surface area contributed by atoms with E-state index in [0.717, 1.165) is 6.42 Å². The van der Waals surface area contributed by atoms with Gasteiger partial charge in [0.25, 0.3) is 0 Å². The van der Waals surface area contributed by atoms with E-state index in [4.69, 9.17) is 4.79 Å². The van der Waals surface area contributed by atoms with Gasteiger partial charge in [0.05, 0.1) is 0 Å². The number of carbonyl (C=O) groups excluding carboxylic acids is 1. The first-order valence-electron chi connectivity index (χ1n) is 5.69. The van der Waals surface area contributed by atoms with E-state index in [2.05, 4.69) is 61.1 Å². The zero-order valence-corrected chi connectivity index (χ0v) is 12.9. The Morgan fingerprint density at radius 3 is 2.29 bits per heavy atom. The van der Waals surface area contributed by atoms with Crippen LogP contribution in [0.15, 0.2) is 16.6 Å². The van der Waals surface area contributed by atoms with Crippen LogP contribution in [0.3, 0.4) is 0 Å². The van der Waals surface area contributed by atoms with Gasteiger partial charge in [0.1, 0.15) is 6.79 Å². The molecule has 2 nitrogen and oxygen atoms in total. The summed E-state index contributed by atoms with van der Waals surface area (Å²) in [6, 6.07) is 4.45. The van der Waals surface area contributed by atoms with E-state index < -0.39 is 0 Å². The topological polar surface area (TPSA) is 29.1 Å². The van der Waals surface area contributed by atoms with Crippen LogP contribution in [0.5, 0.6) is 0 Å². The van der Waals surface area contributed by atoms with Crippen molar-refractivity contribution in [3.8, 4) is 0 Å². The molecule has 0 aliphatic rings. The Hall–Kier alpha value is -0.830. The van der Waals surface area contributed by atoms with Crippen LogP contribution in [0.2, 0.25) is 0 Å². The number of hydrogen-bond donors (Lipinski definition) is 1. The number of hydrogen-bond acceptors (Lipinski definition) is 2. The number of anilines is 1. The molecule has 1 aromatic carbocycles. The van der Waals surface area contributed by atoms with Crippen molar-refractivity contribution in [2.24, 2.45) is 0 Å². The van der Waals surface area contributed by atoms with Crippen molar-refractivity contribution in [1.82, 2.24) is 0 Å². The Morgan fingerprint density at radius 2 is 1.88 bits per heavy atom. The monoisotopic (exact) mass is 299 g/mol. The highest BCUT2D eigenvalue weighted by atomic mass is 79.9. The molecular weight excluding hydrogens is 278 g/mol. The lowest BCUT2D eigenvalue weighted by atomic mass is 9.80. The molecule has 0 fully saturated rings. The number of nitrogens with one attached hydrogen (secondary N) is 1. The third kappa shape index (κ3) is 3.84. The van der Waals surface area contributed by atoms with Gasteiger partial charge in [-0.25, -0.2) is 0 Å². The zero-order chi connectivity index (χ0) is 13.6. The molecule has 3 heteroatoms. The molecule has 0 heterocycles. The molecule has 0 aromatic heterocycles. The molecule has 0 atom stereocenters. The summed E-state index contributed by atoms with van der Waals surface area (Å²) in [6.45, 7) is 10.9. The molecule has 0 spiro atoms. The van der Waals surface area contributed by atoms with Crippen LogP contribution in [-0.2, 0) is 10.2 Å². The largest absolute Gasteiger partial charge is 0.388 e. The van der Waals surface area contributed by atoms with Crippen molar-refractivity contribution < 1.29 is 4.79 Å².